The molecule has 1 aromatic carbocycles. The van der Waals surface area contributed by atoms with Gasteiger partial charge in [-0.25, -0.2) is 0 Å². The summed E-state index contributed by atoms with van der Waals surface area (Å²) in [6.07, 6.45) is 6.31. The van der Waals surface area contributed by atoms with E-state index >= 15 is 0 Å². The molecule has 3 rings (SSSR count). The highest BCUT2D eigenvalue weighted by molar-refractivity contribution is 5.93. The van der Waals surface area contributed by atoms with E-state index in [1.165, 1.54) is 0 Å². The Bertz CT molecular complexity index is 617. The maximum atomic E-state index is 12.6. The van der Waals surface area contributed by atoms with Crippen LogP contribution < -0.4 is 10.6 Å². The third kappa shape index (κ3) is 4.85. The van der Waals surface area contributed by atoms with Gasteiger partial charge in [0.2, 0.25) is 11.8 Å². The largest absolute Gasteiger partial charge is 0.376 e. The van der Waals surface area contributed by atoms with E-state index in [1.54, 1.807) is 0 Å². The minimum atomic E-state index is 0.00197. The van der Waals surface area contributed by atoms with E-state index in [9.17, 15) is 9.59 Å². The molecule has 1 atom stereocenters. The molecule has 2 fully saturated rings. The minimum absolute atomic E-state index is 0.00197. The van der Waals surface area contributed by atoms with Crippen LogP contribution in [0.2, 0.25) is 0 Å². The van der Waals surface area contributed by atoms with Crippen molar-refractivity contribution in [1.29, 1.82) is 0 Å². The molecule has 26 heavy (non-hydrogen) atoms. The van der Waals surface area contributed by atoms with Crippen LogP contribution in [-0.4, -0.2) is 31.1 Å². The molecule has 142 valence electrons. The first-order valence-electron chi connectivity index (χ1n) is 9.95. The van der Waals surface area contributed by atoms with Gasteiger partial charge in [0, 0.05) is 30.7 Å². The van der Waals surface area contributed by atoms with Crippen molar-refractivity contribution in [3.05, 3.63) is 29.8 Å². The summed E-state index contributed by atoms with van der Waals surface area (Å²) in [7, 11) is 0. The van der Waals surface area contributed by atoms with Crippen molar-refractivity contribution in [2.75, 3.05) is 18.5 Å². The third-order valence-corrected chi connectivity index (χ3v) is 5.65. The van der Waals surface area contributed by atoms with Crippen LogP contribution in [0.5, 0.6) is 0 Å². The molecular weight excluding hydrogens is 328 g/mol. The van der Waals surface area contributed by atoms with Gasteiger partial charge in [-0.2, -0.15) is 0 Å². The molecule has 1 aromatic rings. The zero-order chi connectivity index (χ0) is 18.4. The number of carbonyl (C=O) groups is 2. The smallest absolute Gasteiger partial charge is 0.227 e. The maximum absolute atomic E-state index is 12.6. The average molecular weight is 358 g/mol. The van der Waals surface area contributed by atoms with Gasteiger partial charge in [0.15, 0.2) is 0 Å². The zero-order valence-electron chi connectivity index (χ0n) is 15.6. The molecule has 0 bridgehead atoms. The predicted octanol–water partition coefficient (Wildman–Crippen LogP) is 3.29. The lowest BCUT2D eigenvalue weighted by atomic mass is 9.81. The number of anilines is 1. The van der Waals surface area contributed by atoms with Crippen LogP contribution in [0.15, 0.2) is 24.3 Å². The summed E-state index contributed by atoms with van der Waals surface area (Å²) < 4.78 is 5.55. The summed E-state index contributed by atoms with van der Waals surface area (Å²) >= 11 is 0. The summed E-state index contributed by atoms with van der Waals surface area (Å²) in [6, 6.07) is 7.95. The zero-order valence-corrected chi connectivity index (χ0v) is 15.6. The Morgan fingerprint density at radius 1 is 1.04 bits per heavy atom. The molecule has 2 amide bonds. The molecule has 1 saturated heterocycles. The molecule has 5 heteroatoms. The van der Waals surface area contributed by atoms with E-state index in [1.807, 2.05) is 24.3 Å². The fraction of sp³-hybridized carbons (Fsp3) is 0.619. The Morgan fingerprint density at radius 3 is 2.38 bits per heavy atom. The number of amides is 2. The second-order valence-electron chi connectivity index (χ2n) is 7.43. The van der Waals surface area contributed by atoms with E-state index in [2.05, 4.69) is 17.6 Å². The lowest BCUT2D eigenvalue weighted by Gasteiger charge is -2.27. The molecule has 1 aliphatic heterocycles. The molecule has 0 aromatic heterocycles. The Kier molecular flexibility index (Phi) is 6.67. The molecule has 1 heterocycles. The molecule has 1 aliphatic carbocycles. The average Bonchev–Trinajstić information content (AvgIpc) is 3.20. The monoisotopic (exact) mass is 358 g/mol. The van der Waals surface area contributed by atoms with E-state index in [0.29, 0.717) is 6.54 Å². The van der Waals surface area contributed by atoms with Gasteiger partial charge in [-0.1, -0.05) is 25.1 Å². The van der Waals surface area contributed by atoms with Crippen LogP contribution in [0, 0.1) is 11.8 Å². The summed E-state index contributed by atoms with van der Waals surface area (Å²) in [6.45, 7) is 3.51. The van der Waals surface area contributed by atoms with Gasteiger partial charge in [-0.3, -0.25) is 9.59 Å². The van der Waals surface area contributed by atoms with Crippen molar-refractivity contribution in [1.82, 2.24) is 5.32 Å². The van der Waals surface area contributed by atoms with Gasteiger partial charge in [0.05, 0.1) is 6.10 Å². The number of ether oxygens (including phenoxy) is 1. The van der Waals surface area contributed by atoms with Crippen molar-refractivity contribution in [3.63, 3.8) is 0 Å². The molecule has 2 N–H and O–H groups in total. The number of hydrogen-bond acceptors (Lipinski definition) is 3. The lowest BCUT2D eigenvalue weighted by Crippen LogP contribution is -2.38. The molecule has 2 aliphatic rings. The van der Waals surface area contributed by atoms with Crippen LogP contribution >= 0.6 is 0 Å². The summed E-state index contributed by atoms with van der Waals surface area (Å²) in [4.78, 5) is 24.9. The fourth-order valence-corrected chi connectivity index (χ4v) is 3.97. The van der Waals surface area contributed by atoms with E-state index in [0.717, 1.165) is 62.8 Å². The number of para-hydroxylation sites is 1. The first-order chi connectivity index (χ1) is 12.7. The van der Waals surface area contributed by atoms with Gasteiger partial charge in [0.25, 0.3) is 0 Å². The maximum Gasteiger partial charge on any atom is 0.227 e. The molecule has 0 radical (unpaired) electrons. The summed E-state index contributed by atoms with van der Waals surface area (Å²) in [5.74, 6) is 0.241. The van der Waals surface area contributed by atoms with Crippen molar-refractivity contribution in [3.8, 4) is 0 Å². The summed E-state index contributed by atoms with van der Waals surface area (Å²) in [5.41, 5.74) is 2.07. The Hall–Kier alpha value is -1.88. The van der Waals surface area contributed by atoms with E-state index < -0.39 is 0 Å². The van der Waals surface area contributed by atoms with Crippen LogP contribution in [0.25, 0.3) is 0 Å². The molecule has 5 nitrogen and oxygen atoms in total. The molecule has 0 spiro atoms. The van der Waals surface area contributed by atoms with Crippen molar-refractivity contribution in [2.45, 2.75) is 58.0 Å². The lowest BCUT2D eigenvalue weighted by molar-refractivity contribution is -0.128. The standard InChI is InChI=1S/C21H30N2O3/c1-2-15-6-3-4-8-19(15)23-21(25)17-11-9-16(10-12-17)20(24)22-14-18-7-5-13-26-18/h3-4,6,8,16-18H,2,5,7,9-14H2,1H3,(H,22,24)(H,23,25). The highest BCUT2D eigenvalue weighted by Crippen LogP contribution is 2.30. The van der Waals surface area contributed by atoms with Gasteiger partial charge >= 0.3 is 0 Å². The van der Waals surface area contributed by atoms with Gasteiger partial charge in [-0.05, 0) is 56.6 Å². The number of rotatable bonds is 6. The number of carbonyl (C=O) groups excluding carboxylic acids is 2. The first kappa shape index (κ1) is 18.9. The van der Waals surface area contributed by atoms with Crippen molar-refractivity contribution in [2.24, 2.45) is 11.8 Å². The van der Waals surface area contributed by atoms with Crippen molar-refractivity contribution >= 4 is 17.5 Å². The molecule has 1 saturated carbocycles. The van der Waals surface area contributed by atoms with Gasteiger partial charge < -0.3 is 15.4 Å². The number of aryl methyl sites for hydroxylation is 1. The van der Waals surface area contributed by atoms with Crippen LogP contribution in [-0.2, 0) is 20.7 Å². The normalized spacial score (nSPS) is 25.7. The minimum Gasteiger partial charge on any atom is -0.376 e. The fourth-order valence-electron chi connectivity index (χ4n) is 3.97. The first-order valence-corrected chi connectivity index (χ1v) is 9.95. The SMILES string of the molecule is CCc1ccccc1NC(=O)C1CCC(C(=O)NCC2CCCO2)CC1. The third-order valence-electron chi connectivity index (χ3n) is 5.65. The molecule has 1 unspecified atom stereocenters. The molecular formula is C21H30N2O3. The van der Waals surface area contributed by atoms with Gasteiger partial charge in [-0.15, -0.1) is 0 Å². The van der Waals surface area contributed by atoms with E-state index in [4.69, 9.17) is 4.74 Å². The number of nitrogens with one attached hydrogen (secondary N) is 2. The number of hydrogen-bond donors (Lipinski definition) is 2. The Labute approximate surface area is 155 Å². The van der Waals surface area contributed by atoms with E-state index in [-0.39, 0.29) is 29.8 Å². The van der Waals surface area contributed by atoms with Gasteiger partial charge in [0.1, 0.15) is 0 Å². The second kappa shape index (κ2) is 9.17. The number of benzene rings is 1. The van der Waals surface area contributed by atoms with Crippen LogP contribution in [0.4, 0.5) is 5.69 Å². The predicted molar refractivity (Wildman–Crippen MR) is 102 cm³/mol. The second-order valence-corrected chi connectivity index (χ2v) is 7.43. The highest BCUT2D eigenvalue weighted by Gasteiger charge is 2.30. The Morgan fingerprint density at radius 2 is 1.73 bits per heavy atom. The summed E-state index contributed by atoms with van der Waals surface area (Å²) in [5, 5.41) is 6.11. The van der Waals surface area contributed by atoms with Crippen molar-refractivity contribution < 1.29 is 14.3 Å². The van der Waals surface area contributed by atoms with Crippen LogP contribution in [0.1, 0.15) is 51.0 Å². The quantitative estimate of drug-likeness (QED) is 0.820. The highest BCUT2D eigenvalue weighted by atomic mass is 16.5. The Balaban J connectivity index is 1.43. The topological polar surface area (TPSA) is 67.4 Å². The van der Waals surface area contributed by atoms with Crippen LogP contribution in [0.3, 0.4) is 0 Å².